The van der Waals surface area contributed by atoms with Gasteiger partial charge in [-0.05, 0) is 32.4 Å². The van der Waals surface area contributed by atoms with E-state index in [2.05, 4.69) is 25.7 Å². The van der Waals surface area contributed by atoms with E-state index in [-0.39, 0.29) is 12.6 Å². The van der Waals surface area contributed by atoms with Crippen molar-refractivity contribution in [2.24, 2.45) is 0 Å². The first kappa shape index (κ1) is 16.8. The number of aromatic nitrogens is 4. The van der Waals surface area contributed by atoms with Crippen LogP contribution in [0.15, 0.2) is 36.4 Å². The first-order valence-electron chi connectivity index (χ1n) is 7.88. The van der Waals surface area contributed by atoms with E-state index in [9.17, 15) is 9.90 Å². The molecule has 0 spiro atoms. The highest BCUT2D eigenvalue weighted by atomic mass is 16.3. The molecule has 0 bridgehead atoms. The van der Waals surface area contributed by atoms with Crippen LogP contribution in [0.1, 0.15) is 23.9 Å². The average molecular weight is 340 g/mol. The molecule has 0 aliphatic rings. The van der Waals surface area contributed by atoms with Gasteiger partial charge in [0.15, 0.2) is 0 Å². The van der Waals surface area contributed by atoms with E-state index in [0.717, 1.165) is 17.0 Å². The lowest BCUT2D eigenvalue weighted by atomic mass is 9.93. The number of rotatable bonds is 4. The van der Waals surface area contributed by atoms with Crippen LogP contribution in [0.3, 0.4) is 0 Å². The van der Waals surface area contributed by atoms with Crippen molar-refractivity contribution in [3.05, 3.63) is 53.3 Å². The molecule has 3 N–H and O–H groups in total. The lowest BCUT2D eigenvalue weighted by Gasteiger charge is -2.29. The zero-order valence-corrected chi connectivity index (χ0v) is 14.3. The zero-order valence-electron chi connectivity index (χ0n) is 14.3. The van der Waals surface area contributed by atoms with E-state index in [1.807, 2.05) is 50.2 Å². The number of nitrogens with zero attached hydrogens (tertiary/aromatic N) is 4. The number of anilines is 1. The van der Waals surface area contributed by atoms with Crippen LogP contribution in [-0.2, 0) is 5.54 Å². The highest BCUT2D eigenvalue weighted by Crippen LogP contribution is 2.20. The summed E-state index contributed by atoms with van der Waals surface area (Å²) in [6.45, 7) is 5.25. The number of amides is 2. The maximum atomic E-state index is 12.3. The van der Waals surface area contributed by atoms with E-state index >= 15 is 0 Å². The maximum Gasteiger partial charge on any atom is 0.322 e. The SMILES string of the molecule is Cc1cc(C)n2nc(NC(=O)N[C@](C)(CO)c3ccccc3)nc2n1. The molecule has 2 heterocycles. The number of hydrogen-bond donors (Lipinski definition) is 3. The number of aliphatic hydroxyl groups is 1. The Morgan fingerprint density at radius 2 is 1.96 bits per heavy atom. The average Bonchev–Trinajstić information content (AvgIpc) is 2.98. The number of carbonyl (C=O) groups excluding carboxylic acids is 1. The van der Waals surface area contributed by atoms with Crippen molar-refractivity contribution < 1.29 is 9.90 Å². The Kier molecular flexibility index (Phi) is 4.37. The number of urea groups is 1. The Bertz CT molecular complexity index is 908. The van der Waals surface area contributed by atoms with Crippen molar-refractivity contribution in [3.8, 4) is 0 Å². The van der Waals surface area contributed by atoms with Gasteiger partial charge in [-0.25, -0.2) is 9.78 Å². The Morgan fingerprint density at radius 1 is 1.24 bits per heavy atom. The topological polar surface area (TPSA) is 104 Å². The fourth-order valence-corrected chi connectivity index (χ4v) is 2.61. The van der Waals surface area contributed by atoms with Crippen LogP contribution < -0.4 is 10.6 Å². The Balaban J connectivity index is 1.79. The lowest BCUT2D eigenvalue weighted by molar-refractivity contribution is 0.176. The summed E-state index contributed by atoms with van der Waals surface area (Å²) in [7, 11) is 0. The molecule has 2 aromatic heterocycles. The first-order chi connectivity index (χ1) is 11.9. The van der Waals surface area contributed by atoms with E-state index in [4.69, 9.17) is 0 Å². The summed E-state index contributed by atoms with van der Waals surface area (Å²) >= 11 is 0. The standard InChI is InChI=1S/C17H20N6O2/c1-11-9-12(2)23-15(18-11)19-14(22-23)20-16(25)21-17(3,10-24)13-7-5-4-6-8-13/h4-9,24H,10H2,1-3H3,(H2,20,21,22,25)/t17-/m1/s1. The predicted molar refractivity (Wildman–Crippen MR) is 93.3 cm³/mol. The van der Waals surface area contributed by atoms with Crippen LogP contribution in [-0.4, -0.2) is 37.3 Å². The number of aliphatic hydroxyl groups excluding tert-OH is 1. The molecule has 0 fully saturated rings. The predicted octanol–water partition coefficient (Wildman–Crippen LogP) is 1.77. The van der Waals surface area contributed by atoms with Crippen LogP contribution in [0.2, 0.25) is 0 Å². The monoisotopic (exact) mass is 340 g/mol. The quantitative estimate of drug-likeness (QED) is 0.671. The molecule has 3 rings (SSSR count). The third-order valence-electron chi connectivity index (χ3n) is 3.96. The number of carbonyl (C=O) groups is 1. The van der Waals surface area contributed by atoms with Gasteiger partial charge < -0.3 is 10.4 Å². The van der Waals surface area contributed by atoms with Crippen molar-refractivity contribution in [3.63, 3.8) is 0 Å². The summed E-state index contributed by atoms with van der Waals surface area (Å²) in [5.74, 6) is 0.563. The molecular formula is C17H20N6O2. The number of fused-ring (bicyclic) bond motifs is 1. The summed E-state index contributed by atoms with van der Waals surface area (Å²) in [5.41, 5.74) is 1.57. The van der Waals surface area contributed by atoms with E-state index in [1.165, 1.54) is 0 Å². The van der Waals surface area contributed by atoms with Crippen molar-refractivity contribution in [1.29, 1.82) is 0 Å². The minimum Gasteiger partial charge on any atom is -0.394 e. The molecule has 0 unspecified atom stereocenters. The number of benzene rings is 1. The van der Waals surface area contributed by atoms with Crippen LogP contribution in [0.25, 0.3) is 5.78 Å². The molecule has 0 saturated heterocycles. The third kappa shape index (κ3) is 3.43. The zero-order chi connectivity index (χ0) is 18.0. The molecule has 1 aromatic carbocycles. The second kappa shape index (κ2) is 6.48. The van der Waals surface area contributed by atoms with Gasteiger partial charge in [0, 0.05) is 11.4 Å². The smallest absolute Gasteiger partial charge is 0.322 e. The molecule has 8 nitrogen and oxygen atoms in total. The number of hydrogen-bond acceptors (Lipinski definition) is 5. The summed E-state index contributed by atoms with van der Waals surface area (Å²) in [4.78, 5) is 20.8. The fourth-order valence-electron chi connectivity index (χ4n) is 2.61. The highest BCUT2D eigenvalue weighted by Gasteiger charge is 2.28. The fraction of sp³-hybridized carbons (Fsp3) is 0.294. The van der Waals surface area contributed by atoms with E-state index < -0.39 is 11.6 Å². The summed E-state index contributed by atoms with van der Waals surface area (Å²) in [5, 5.41) is 19.3. The number of nitrogens with one attached hydrogen (secondary N) is 2. The van der Waals surface area contributed by atoms with Crippen molar-refractivity contribution >= 4 is 17.8 Å². The second-order valence-corrected chi connectivity index (χ2v) is 6.12. The van der Waals surface area contributed by atoms with Gasteiger partial charge in [0.2, 0.25) is 0 Å². The molecule has 0 aliphatic heterocycles. The lowest BCUT2D eigenvalue weighted by Crippen LogP contribution is -2.48. The molecule has 25 heavy (non-hydrogen) atoms. The van der Waals surface area contributed by atoms with E-state index in [0.29, 0.717) is 5.78 Å². The molecular weight excluding hydrogens is 320 g/mol. The van der Waals surface area contributed by atoms with E-state index in [1.54, 1.807) is 11.4 Å². The highest BCUT2D eigenvalue weighted by molar-refractivity contribution is 5.88. The molecule has 3 aromatic rings. The van der Waals surface area contributed by atoms with Crippen molar-refractivity contribution in [1.82, 2.24) is 24.9 Å². The van der Waals surface area contributed by atoms with Gasteiger partial charge in [0.05, 0.1) is 12.1 Å². The van der Waals surface area contributed by atoms with Gasteiger partial charge in [-0.15, -0.1) is 5.10 Å². The summed E-state index contributed by atoms with van der Waals surface area (Å²) in [6.07, 6.45) is 0. The van der Waals surface area contributed by atoms with Gasteiger partial charge in [-0.2, -0.15) is 9.50 Å². The Labute approximate surface area is 144 Å². The van der Waals surface area contributed by atoms with Crippen molar-refractivity contribution in [2.45, 2.75) is 26.3 Å². The van der Waals surface area contributed by atoms with Crippen LogP contribution in [0.5, 0.6) is 0 Å². The molecule has 0 radical (unpaired) electrons. The van der Waals surface area contributed by atoms with Gasteiger partial charge in [0.1, 0.15) is 0 Å². The minimum atomic E-state index is -0.921. The van der Waals surface area contributed by atoms with Gasteiger partial charge in [-0.1, -0.05) is 30.3 Å². The number of aryl methyl sites for hydroxylation is 2. The molecule has 1 atom stereocenters. The summed E-state index contributed by atoms with van der Waals surface area (Å²) in [6, 6.07) is 10.6. The molecule has 130 valence electrons. The van der Waals surface area contributed by atoms with Crippen LogP contribution in [0, 0.1) is 13.8 Å². The normalized spacial score (nSPS) is 13.4. The van der Waals surface area contributed by atoms with Crippen LogP contribution in [0.4, 0.5) is 10.7 Å². The molecule has 0 aliphatic carbocycles. The first-order valence-corrected chi connectivity index (χ1v) is 7.88. The third-order valence-corrected chi connectivity index (χ3v) is 3.96. The van der Waals surface area contributed by atoms with Gasteiger partial charge in [0.25, 0.3) is 11.7 Å². The Hall–Kier alpha value is -3.00. The minimum absolute atomic E-state index is 0.145. The van der Waals surface area contributed by atoms with Gasteiger partial charge >= 0.3 is 6.03 Å². The molecule has 2 amide bonds. The second-order valence-electron chi connectivity index (χ2n) is 6.12. The van der Waals surface area contributed by atoms with Crippen molar-refractivity contribution in [2.75, 3.05) is 11.9 Å². The molecule has 8 heteroatoms. The summed E-state index contributed by atoms with van der Waals surface area (Å²) < 4.78 is 1.56. The Morgan fingerprint density at radius 3 is 2.64 bits per heavy atom. The maximum absolute atomic E-state index is 12.3. The van der Waals surface area contributed by atoms with Gasteiger partial charge in [-0.3, -0.25) is 5.32 Å². The van der Waals surface area contributed by atoms with Crippen LogP contribution >= 0.6 is 0 Å². The largest absolute Gasteiger partial charge is 0.394 e. The molecule has 0 saturated carbocycles.